The second-order valence-corrected chi connectivity index (χ2v) is 12.0. The van der Waals surface area contributed by atoms with Gasteiger partial charge in [-0.25, -0.2) is 18.2 Å². The summed E-state index contributed by atoms with van der Waals surface area (Å²) in [5, 5.41) is 13.1. The molecule has 228 valence electrons. The molecule has 3 aromatic carbocycles. The summed E-state index contributed by atoms with van der Waals surface area (Å²) in [4.78, 5) is 19.8. The van der Waals surface area contributed by atoms with Gasteiger partial charge in [0.1, 0.15) is 35.7 Å². The highest BCUT2D eigenvalue weighted by Gasteiger charge is 2.32. The lowest BCUT2D eigenvalue weighted by atomic mass is 10.1. The minimum atomic E-state index is -4.23. The van der Waals surface area contributed by atoms with E-state index < -0.39 is 44.9 Å². The van der Waals surface area contributed by atoms with Gasteiger partial charge in [-0.3, -0.25) is 14.1 Å². The number of anilines is 2. The molecule has 1 atom stereocenters. The Bertz CT molecular complexity index is 1960. The summed E-state index contributed by atoms with van der Waals surface area (Å²) in [5.74, 6) is -2.23. The van der Waals surface area contributed by atoms with Crippen LogP contribution in [0.25, 0.3) is 16.6 Å². The Morgan fingerprint density at radius 2 is 1.84 bits per heavy atom. The molecule has 2 saturated heterocycles. The number of nitrogens with one attached hydrogen (secondary N) is 2. The van der Waals surface area contributed by atoms with Crippen molar-refractivity contribution >= 4 is 32.5 Å². The van der Waals surface area contributed by atoms with Gasteiger partial charge in [-0.15, -0.1) is 0 Å². The van der Waals surface area contributed by atoms with Crippen molar-refractivity contribution < 1.29 is 26.3 Å². The lowest BCUT2D eigenvalue weighted by Crippen LogP contribution is -2.43. The first-order valence-electron chi connectivity index (χ1n) is 13.7. The molecule has 2 aliphatic heterocycles. The van der Waals surface area contributed by atoms with E-state index in [4.69, 9.17) is 4.74 Å². The number of ether oxygens (including phenoxy) is 1. The van der Waals surface area contributed by atoms with Gasteiger partial charge in [0.2, 0.25) is 0 Å². The average Bonchev–Trinajstić information content (AvgIpc) is 3.47. The van der Waals surface area contributed by atoms with Crippen LogP contribution in [0.5, 0.6) is 11.5 Å². The van der Waals surface area contributed by atoms with Gasteiger partial charge >= 0.3 is 10.2 Å². The highest BCUT2D eigenvalue weighted by atomic mass is 32.2. The fraction of sp³-hybridized carbons (Fsp3) is 0.276. The number of halogens is 3. The smallest absolute Gasteiger partial charge is 0.301 e. The summed E-state index contributed by atoms with van der Waals surface area (Å²) in [6.45, 7) is 2.62. The van der Waals surface area contributed by atoms with Crippen LogP contribution in [0, 0.1) is 23.0 Å². The Morgan fingerprint density at radius 3 is 2.55 bits per heavy atom. The van der Waals surface area contributed by atoms with Gasteiger partial charge in [0.25, 0.3) is 5.56 Å². The molecule has 0 aliphatic carbocycles. The maximum Gasteiger partial charge on any atom is 0.301 e. The molecule has 1 aromatic heterocycles. The number of hydrogen-bond acceptors (Lipinski definition) is 8. The minimum Gasteiger partial charge on any atom is -0.453 e. The Balaban J connectivity index is 1.32. The Morgan fingerprint density at radius 1 is 1.05 bits per heavy atom. The second-order valence-electron chi connectivity index (χ2n) is 10.3. The van der Waals surface area contributed by atoms with Crippen LogP contribution >= 0.6 is 0 Å². The third kappa shape index (κ3) is 5.66. The number of hydrogen-bond donors (Lipinski definition) is 2. The number of piperazine rings is 1. The molecule has 44 heavy (non-hydrogen) atoms. The highest BCUT2D eigenvalue weighted by molar-refractivity contribution is 7.90. The van der Waals surface area contributed by atoms with Gasteiger partial charge in [0, 0.05) is 45.0 Å². The number of aromatic nitrogens is 2. The van der Waals surface area contributed by atoms with Crippen molar-refractivity contribution in [3.05, 3.63) is 82.4 Å². The molecule has 11 nitrogen and oxygen atoms in total. The molecule has 4 aromatic rings. The van der Waals surface area contributed by atoms with E-state index in [2.05, 4.69) is 15.0 Å². The van der Waals surface area contributed by atoms with Crippen LogP contribution in [0.2, 0.25) is 0 Å². The van der Waals surface area contributed by atoms with Crippen LogP contribution in [-0.4, -0.2) is 67.7 Å². The summed E-state index contributed by atoms with van der Waals surface area (Å²) in [6, 6.07) is 12.4. The van der Waals surface area contributed by atoms with Crippen LogP contribution in [-0.2, 0) is 10.2 Å². The lowest BCUT2D eigenvalue weighted by molar-refractivity contribution is 0.343. The maximum absolute atomic E-state index is 15.2. The van der Waals surface area contributed by atoms with E-state index in [0.717, 1.165) is 47.2 Å². The fourth-order valence-electron chi connectivity index (χ4n) is 5.23. The monoisotopic (exact) mass is 625 g/mol. The molecule has 3 heterocycles. The summed E-state index contributed by atoms with van der Waals surface area (Å²) < 4.78 is 79.1. The standard InChI is InChI=1S/C29H26F3N7O4S/c30-18-7-10-38(16-18)44(41,42)36-26-5-3-23(31)28(22(26)15-33)43-20-2-4-25-21(14-20)29(40)39(17-35-25)27-6-1-19(13-24(27)32)37-11-8-34-9-12-37/h1-6,13-14,17-18,34,36H,7-12,16H2/t18-/m1/s1. The molecule has 0 bridgehead atoms. The van der Waals surface area contributed by atoms with Crippen molar-refractivity contribution in [3.63, 3.8) is 0 Å². The van der Waals surface area contributed by atoms with E-state index in [1.807, 2.05) is 4.90 Å². The SMILES string of the molecule is N#Cc1c(NS(=O)(=O)N2CC[C@@H](F)C2)ccc(F)c1Oc1ccc2ncn(-c3ccc(N4CCNCC4)cc3F)c(=O)c2c1. The van der Waals surface area contributed by atoms with Gasteiger partial charge in [-0.2, -0.15) is 18.0 Å². The number of nitriles is 1. The first-order valence-corrected chi connectivity index (χ1v) is 15.2. The van der Waals surface area contributed by atoms with Crippen LogP contribution in [0.4, 0.5) is 24.5 Å². The van der Waals surface area contributed by atoms with Gasteiger partial charge in [-0.1, -0.05) is 0 Å². The summed E-state index contributed by atoms with van der Waals surface area (Å²) in [7, 11) is -4.23. The quantitative estimate of drug-likeness (QED) is 0.319. The zero-order chi connectivity index (χ0) is 31.0. The first kappa shape index (κ1) is 29.4. The fourth-order valence-corrected chi connectivity index (χ4v) is 6.51. The molecule has 0 amide bonds. The number of nitrogens with zero attached hydrogens (tertiary/aromatic N) is 5. The van der Waals surface area contributed by atoms with Crippen LogP contribution < -0.4 is 25.2 Å². The Labute approximate surface area is 250 Å². The van der Waals surface area contributed by atoms with Crippen molar-refractivity contribution in [2.75, 3.05) is 48.9 Å². The average molecular weight is 626 g/mol. The zero-order valence-electron chi connectivity index (χ0n) is 23.1. The lowest BCUT2D eigenvalue weighted by Gasteiger charge is -2.29. The van der Waals surface area contributed by atoms with Gasteiger partial charge in [0.05, 0.1) is 22.3 Å². The molecule has 6 rings (SSSR count). The van der Waals surface area contributed by atoms with Crippen LogP contribution in [0.3, 0.4) is 0 Å². The van der Waals surface area contributed by atoms with E-state index in [1.54, 1.807) is 12.1 Å². The van der Waals surface area contributed by atoms with E-state index >= 15 is 4.39 Å². The Hall–Kier alpha value is -4.65. The predicted octanol–water partition coefficient (Wildman–Crippen LogP) is 3.44. The second kappa shape index (κ2) is 11.8. The molecule has 2 aliphatic rings. The third-order valence-electron chi connectivity index (χ3n) is 7.52. The number of fused-ring (bicyclic) bond motifs is 1. The van der Waals surface area contributed by atoms with Crippen LogP contribution in [0.15, 0.2) is 59.7 Å². The molecule has 0 radical (unpaired) electrons. The molecule has 0 saturated carbocycles. The third-order valence-corrected chi connectivity index (χ3v) is 9.01. The van der Waals surface area contributed by atoms with Crippen LogP contribution in [0.1, 0.15) is 12.0 Å². The minimum absolute atomic E-state index is 0.00974. The molecule has 15 heteroatoms. The van der Waals surface area contributed by atoms with Gasteiger partial charge in [-0.05, 0) is 55.0 Å². The zero-order valence-corrected chi connectivity index (χ0v) is 24.0. The molecule has 2 N–H and O–H groups in total. The summed E-state index contributed by atoms with van der Waals surface area (Å²) in [6.07, 6.45) is -0.0614. The predicted molar refractivity (Wildman–Crippen MR) is 157 cm³/mol. The molecular formula is C29H26F3N7O4S. The van der Waals surface area contributed by atoms with E-state index in [9.17, 15) is 27.3 Å². The topological polar surface area (TPSA) is 133 Å². The first-order chi connectivity index (χ1) is 21.1. The van der Waals surface area contributed by atoms with Crippen molar-refractivity contribution in [2.24, 2.45) is 0 Å². The molecule has 0 unspecified atom stereocenters. The molecule has 0 spiro atoms. The van der Waals surface area contributed by atoms with Crippen molar-refractivity contribution in [3.8, 4) is 23.3 Å². The van der Waals surface area contributed by atoms with Crippen molar-refractivity contribution in [1.82, 2.24) is 19.2 Å². The highest BCUT2D eigenvalue weighted by Crippen LogP contribution is 2.35. The largest absolute Gasteiger partial charge is 0.453 e. The summed E-state index contributed by atoms with van der Waals surface area (Å²) >= 11 is 0. The molecule has 2 fully saturated rings. The Kier molecular flexibility index (Phi) is 7.89. The van der Waals surface area contributed by atoms with Gasteiger partial charge < -0.3 is 15.0 Å². The van der Waals surface area contributed by atoms with Crippen molar-refractivity contribution in [2.45, 2.75) is 12.6 Å². The molecular weight excluding hydrogens is 599 g/mol. The normalized spacial score (nSPS) is 17.5. The number of alkyl halides is 1. The number of benzene rings is 3. The maximum atomic E-state index is 15.2. The van der Waals surface area contributed by atoms with E-state index in [0.29, 0.717) is 5.69 Å². The number of rotatable bonds is 7. The van der Waals surface area contributed by atoms with E-state index in [1.165, 1.54) is 36.7 Å². The van der Waals surface area contributed by atoms with Crippen molar-refractivity contribution in [1.29, 1.82) is 5.26 Å². The van der Waals surface area contributed by atoms with Gasteiger partial charge in [0.15, 0.2) is 11.6 Å². The van der Waals surface area contributed by atoms with E-state index in [-0.39, 0.29) is 47.5 Å². The summed E-state index contributed by atoms with van der Waals surface area (Å²) in [5.41, 5.74) is -0.401.